The van der Waals surface area contributed by atoms with Crippen molar-refractivity contribution in [1.82, 2.24) is 4.90 Å². The van der Waals surface area contributed by atoms with Crippen molar-refractivity contribution in [3.63, 3.8) is 0 Å². The molecular formula is C17H23N3O3. The van der Waals surface area contributed by atoms with Crippen molar-refractivity contribution in [2.24, 2.45) is 17.6 Å². The molecule has 6 nitrogen and oxygen atoms in total. The van der Waals surface area contributed by atoms with Gasteiger partial charge in [-0.15, -0.1) is 0 Å². The monoisotopic (exact) mass is 317 g/mol. The lowest BCUT2D eigenvalue weighted by atomic mass is 10.1. The van der Waals surface area contributed by atoms with Gasteiger partial charge in [-0.1, -0.05) is 0 Å². The van der Waals surface area contributed by atoms with Crippen molar-refractivity contribution in [3.8, 4) is 5.75 Å². The number of anilines is 1. The first-order chi connectivity index (χ1) is 11.1. The van der Waals surface area contributed by atoms with Crippen molar-refractivity contribution in [2.75, 3.05) is 38.2 Å². The fraction of sp³-hybridized carbons (Fsp3) is 0.529. The molecule has 0 saturated carbocycles. The molecule has 6 heteroatoms. The van der Waals surface area contributed by atoms with Gasteiger partial charge >= 0.3 is 0 Å². The second kappa shape index (κ2) is 6.58. The Bertz CT molecular complexity index is 587. The molecule has 2 saturated heterocycles. The predicted octanol–water partition coefficient (Wildman–Crippen LogP) is 0.855. The van der Waals surface area contributed by atoms with Crippen LogP contribution in [0.4, 0.5) is 5.69 Å². The summed E-state index contributed by atoms with van der Waals surface area (Å²) in [5.74, 6) is 0.987. The van der Waals surface area contributed by atoms with E-state index in [1.165, 1.54) is 0 Å². The molecule has 3 rings (SSSR count). The van der Waals surface area contributed by atoms with Crippen LogP contribution in [-0.4, -0.2) is 50.0 Å². The number of hydrogen-bond acceptors (Lipinski definition) is 4. The lowest BCUT2D eigenvalue weighted by Crippen LogP contribution is -2.36. The fourth-order valence-electron chi connectivity index (χ4n) is 3.37. The van der Waals surface area contributed by atoms with Crippen LogP contribution in [0.5, 0.6) is 5.75 Å². The van der Waals surface area contributed by atoms with E-state index in [1.54, 1.807) is 12.0 Å². The van der Waals surface area contributed by atoms with Crippen LogP contribution < -0.4 is 15.4 Å². The highest BCUT2D eigenvalue weighted by Gasteiger charge is 2.38. The number of methoxy groups -OCH3 is 1. The Labute approximate surface area is 136 Å². The molecule has 2 atom stereocenters. The van der Waals surface area contributed by atoms with Crippen LogP contribution in [0.15, 0.2) is 24.3 Å². The lowest BCUT2D eigenvalue weighted by Gasteiger charge is -2.21. The molecule has 0 aliphatic carbocycles. The summed E-state index contributed by atoms with van der Waals surface area (Å²) in [7, 11) is 1.61. The van der Waals surface area contributed by atoms with Crippen molar-refractivity contribution in [1.29, 1.82) is 0 Å². The fourth-order valence-corrected chi connectivity index (χ4v) is 3.37. The quantitative estimate of drug-likeness (QED) is 0.893. The first kappa shape index (κ1) is 15.8. The molecule has 0 radical (unpaired) electrons. The molecule has 0 spiro atoms. The predicted molar refractivity (Wildman–Crippen MR) is 87.2 cm³/mol. The van der Waals surface area contributed by atoms with E-state index in [0.29, 0.717) is 19.0 Å². The number of amides is 2. The van der Waals surface area contributed by atoms with E-state index >= 15 is 0 Å². The molecule has 1 aromatic rings. The zero-order chi connectivity index (χ0) is 16.4. The maximum atomic E-state index is 12.6. The second-order valence-corrected chi connectivity index (χ2v) is 6.28. The summed E-state index contributed by atoms with van der Waals surface area (Å²) < 4.78 is 5.13. The third-order valence-corrected chi connectivity index (χ3v) is 4.79. The van der Waals surface area contributed by atoms with Gasteiger partial charge in [-0.05, 0) is 43.1 Å². The third kappa shape index (κ3) is 3.17. The number of benzene rings is 1. The molecule has 2 aliphatic heterocycles. The van der Waals surface area contributed by atoms with E-state index in [1.807, 2.05) is 29.2 Å². The third-order valence-electron chi connectivity index (χ3n) is 4.79. The Morgan fingerprint density at radius 1 is 1.30 bits per heavy atom. The highest BCUT2D eigenvalue weighted by molar-refractivity contribution is 6.00. The van der Waals surface area contributed by atoms with Crippen LogP contribution in [0.2, 0.25) is 0 Å². The smallest absolute Gasteiger partial charge is 0.228 e. The lowest BCUT2D eigenvalue weighted by molar-refractivity contribution is -0.134. The van der Waals surface area contributed by atoms with Gasteiger partial charge in [0.2, 0.25) is 11.8 Å². The number of hydrogen-bond donors (Lipinski definition) is 1. The molecule has 1 aromatic carbocycles. The van der Waals surface area contributed by atoms with Crippen LogP contribution >= 0.6 is 0 Å². The zero-order valence-corrected chi connectivity index (χ0v) is 13.4. The van der Waals surface area contributed by atoms with Gasteiger partial charge in [-0.2, -0.15) is 0 Å². The minimum atomic E-state index is -0.249. The Balaban J connectivity index is 1.66. The summed E-state index contributed by atoms with van der Waals surface area (Å²) in [6.45, 7) is 2.55. The van der Waals surface area contributed by atoms with E-state index in [-0.39, 0.29) is 24.2 Å². The molecule has 0 bridgehead atoms. The first-order valence-electron chi connectivity index (χ1n) is 8.05. The molecule has 2 amide bonds. The molecule has 124 valence electrons. The maximum Gasteiger partial charge on any atom is 0.228 e. The van der Waals surface area contributed by atoms with E-state index in [9.17, 15) is 9.59 Å². The van der Waals surface area contributed by atoms with Gasteiger partial charge in [0, 0.05) is 31.7 Å². The molecule has 2 aliphatic rings. The molecule has 2 heterocycles. The van der Waals surface area contributed by atoms with Gasteiger partial charge in [0.1, 0.15) is 5.75 Å². The van der Waals surface area contributed by atoms with Crippen LogP contribution in [0.25, 0.3) is 0 Å². The SMILES string of the molecule is COc1ccc(N2CC(C(=O)N3CCC(CN)C3)CC2=O)cc1. The minimum absolute atomic E-state index is 0.00286. The average Bonchev–Trinajstić information content (AvgIpc) is 3.21. The van der Waals surface area contributed by atoms with Gasteiger partial charge in [0.05, 0.1) is 13.0 Å². The van der Waals surface area contributed by atoms with E-state index < -0.39 is 0 Å². The molecular weight excluding hydrogens is 294 g/mol. The molecule has 2 unspecified atom stereocenters. The van der Waals surface area contributed by atoms with Gasteiger partial charge in [0.15, 0.2) is 0 Å². The number of likely N-dealkylation sites (tertiary alicyclic amines) is 1. The highest BCUT2D eigenvalue weighted by Crippen LogP contribution is 2.29. The van der Waals surface area contributed by atoms with Crippen LogP contribution in [0.1, 0.15) is 12.8 Å². The Morgan fingerprint density at radius 2 is 2.04 bits per heavy atom. The van der Waals surface area contributed by atoms with Crippen molar-refractivity contribution in [2.45, 2.75) is 12.8 Å². The Kier molecular flexibility index (Phi) is 4.52. The topological polar surface area (TPSA) is 75.9 Å². The van der Waals surface area contributed by atoms with Crippen molar-refractivity contribution < 1.29 is 14.3 Å². The average molecular weight is 317 g/mol. The van der Waals surface area contributed by atoms with Crippen molar-refractivity contribution >= 4 is 17.5 Å². The van der Waals surface area contributed by atoms with Crippen LogP contribution in [-0.2, 0) is 9.59 Å². The molecule has 23 heavy (non-hydrogen) atoms. The van der Waals surface area contributed by atoms with Gasteiger partial charge in [-0.25, -0.2) is 0 Å². The molecule has 2 fully saturated rings. The Hall–Kier alpha value is -2.08. The Morgan fingerprint density at radius 3 is 2.65 bits per heavy atom. The summed E-state index contributed by atoms with van der Waals surface area (Å²) in [6.07, 6.45) is 1.25. The van der Waals surface area contributed by atoms with Crippen LogP contribution in [0, 0.1) is 11.8 Å². The van der Waals surface area contributed by atoms with Gasteiger partial charge in [0.25, 0.3) is 0 Å². The number of nitrogens with zero attached hydrogens (tertiary/aromatic N) is 2. The summed E-state index contributed by atoms with van der Waals surface area (Å²) >= 11 is 0. The summed E-state index contributed by atoms with van der Waals surface area (Å²) in [6, 6.07) is 7.35. The molecule has 0 aromatic heterocycles. The minimum Gasteiger partial charge on any atom is -0.497 e. The summed E-state index contributed by atoms with van der Waals surface area (Å²) in [5.41, 5.74) is 6.50. The number of rotatable bonds is 4. The van der Waals surface area contributed by atoms with E-state index in [0.717, 1.165) is 30.9 Å². The number of nitrogens with two attached hydrogens (primary N) is 1. The van der Waals surface area contributed by atoms with Gasteiger partial charge in [-0.3, -0.25) is 9.59 Å². The second-order valence-electron chi connectivity index (χ2n) is 6.28. The standard InChI is InChI=1S/C17H23N3O3/c1-23-15-4-2-14(3-5-15)20-11-13(8-16(20)21)17(22)19-7-6-12(9-18)10-19/h2-5,12-13H,6-11,18H2,1H3. The van der Waals surface area contributed by atoms with Gasteiger partial charge < -0.3 is 20.3 Å². The normalized spacial score (nSPS) is 24.3. The van der Waals surface area contributed by atoms with Crippen molar-refractivity contribution in [3.05, 3.63) is 24.3 Å². The van der Waals surface area contributed by atoms with Crippen LogP contribution in [0.3, 0.4) is 0 Å². The summed E-state index contributed by atoms with van der Waals surface area (Å²) in [5, 5.41) is 0. The highest BCUT2D eigenvalue weighted by atomic mass is 16.5. The number of carbonyl (C=O) groups excluding carboxylic acids is 2. The van der Waals surface area contributed by atoms with E-state index in [4.69, 9.17) is 10.5 Å². The number of ether oxygens (including phenoxy) is 1. The number of carbonyl (C=O) groups is 2. The maximum absolute atomic E-state index is 12.6. The first-order valence-corrected chi connectivity index (χ1v) is 8.05. The van der Waals surface area contributed by atoms with E-state index in [2.05, 4.69) is 0 Å². The summed E-state index contributed by atoms with van der Waals surface area (Å²) in [4.78, 5) is 28.5. The zero-order valence-electron chi connectivity index (χ0n) is 13.4. The largest absolute Gasteiger partial charge is 0.497 e. The molecule has 2 N–H and O–H groups in total.